The van der Waals surface area contributed by atoms with E-state index in [1.54, 1.807) is 20.8 Å². The van der Waals surface area contributed by atoms with E-state index in [2.05, 4.69) is 20.8 Å². The van der Waals surface area contributed by atoms with Crippen LogP contribution in [0.3, 0.4) is 0 Å². The molecule has 2 N–H and O–H groups in total. The van der Waals surface area contributed by atoms with Gasteiger partial charge in [-0.25, -0.2) is 4.39 Å². The SMILES string of the molecule is CC(C)(C)OC(=O)C[C@@H](N)[C@@H](CF)O[Si](C)(C)C(C)(C)C. The topological polar surface area (TPSA) is 61.5 Å². The lowest BCUT2D eigenvalue weighted by atomic mass is 10.1. The number of hydrogen-bond donors (Lipinski definition) is 1. The summed E-state index contributed by atoms with van der Waals surface area (Å²) < 4.78 is 24.5. The first-order valence-electron chi connectivity index (χ1n) is 7.41. The largest absolute Gasteiger partial charge is 0.460 e. The highest BCUT2D eigenvalue weighted by Gasteiger charge is 2.40. The Labute approximate surface area is 129 Å². The van der Waals surface area contributed by atoms with Crippen molar-refractivity contribution in [3.63, 3.8) is 0 Å². The Morgan fingerprint density at radius 1 is 1.19 bits per heavy atom. The number of carbonyl (C=O) groups excluding carboxylic acids is 1. The third-order valence-electron chi connectivity index (χ3n) is 3.70. The predicted molar refractivity (Wildman–Crippen MR) is 86.5 cm³/mol. The number of halogens is 1. The molecule has 0 amide bonds. The van der Waals surface area contributed by atoms with E-state index >= 15 is 0 Å². The number of hydrogen-bond acceptors (Lipinski definition) is 4. The third-order valence-corrected chi connectivity index (χ3v) is 8.21. The maximum Gasteiger partial charge on any atom is 0.307 e. The van der Waals surface area contributed by atoms with Crippen molar-refractivity contribution in [1.29, 1.82) is 0 Å². The van der Waals surface area contributed by atoms with Gasteiger partial charge in [-0.3, -0.25) is 4.79 Å². The van der Waals surface area contributed by atoms with Gasteiger partial charge in [0.1, 0.15) is 12.3 Å². The van der Waals surface area contributed by atoms with Crippen LogP contribution in [0.4, 0.5) is 4.39 Å². The number of nitrogens with two attached hydrogens (primary N) is 1. The Morgan fingerprint density at radius 3 is 2.00 bits per heavy atom. The summed E-state index contributed by atoms with van der Waals surface area (Å²) in [6, 6.07) is -0.695. The standard InChI is InChI=1S/C15H32FNO3Si/c1-14(2,3)19-13(18)9-11(17)12(10-16)20-21(7,8)15(4,5)6/h11-12H,9-10,17H2,1-8H3/t11-,12-/m1/s1. The molecule has 126 valence electrons. The van der Waals surface area contributed by atoms with Crippen LogP contribution in [-0.2, 0) is 14.0 Å². The molecule has 0 heterocycles. The Hall–Kier alpha value is -0.463. The number of ether oxygens (including phenoxy) is 1. The Balaban J connectivity index is 4.71. The first-order valence-corrected chi connectivity index (χ1v) is 10.3. The molecule has 0 radical (unpaired) electrons. The van der Waals surface area contributed by atoms with Gasteiger partial charge in [0.15, 0.2) is 8.32 Å². The molecule has 0 fully saturated rings. The summed E-state index contributed by atoms with van der Waals surface area (Å²) in [5, 5.41) is -0.0357. The van der Waals surface area contributed by atoms with Crippen LogP contribution in [0.25, 0.3) is 0 Å². The molecule has 0 aliphatic heterocycles. The molecule has 0 bridgehead atoms. The van der Waals surface area contributed by atoms with Crippen LogP contribution in [0.15, 0.2) is 0 Å². The summed E-state index contributed by atoms with van der Waals surface area (Å²) in [6.45, 7) is 15.0. The summed E-state index contributed by atoms with van der Waals surface area (Å²) in [6.07, 6.45) is -0.807. The molecule has 0 saturated heterocycles. The van der Waals surface area contributed by atoms with Gasteiger partial charge in [0.2, 0.25) is 0 Å². The van der Waals surface area contributed by atoms with Gasteiger partial charge in [0.25, 0.3) is 0 Å². The second-order valence-corrected chi connectivity index (χ2v) is 12.8. The van der Waals surface area contributed by atoms with E-state index in [-0.39, 0.29) is 11.5 Å². The van der Waals surface area contributed by atoms with E-state index in [0.717, 1.165) is 0 Å². The summed E-state index contributed by atoms with van der Waals surface area (Å²) in [7, 11) is -2.12. The number of carbonyl (C=O) groups is 1. The molecule has 4 nitrogen and oxygen atoms in total. The van der Waals surface area contributed by atoms with Crippen molar-refractivity contribution in [3.8, 4) is 0 Å². The fourth-order valence-corrected chi connectivity index (χ4v) is 2.84. The molecule has 0 aromatic rings. The molecule has 0 aliphatic rings. The highest BCUT2D eigenvalue weighted by Crippen LogP contribution is 2.37. The van der Waals surface area contributed by atoms with Crippen molar-refractivity contribution in [2.24, 2.45) is 5.73 Å². The third kappa shape index (κ3) is 7.38. The lowest BCUT2D eigenvalue weighted by molar-refractivity contribution is -0.155. The lowest BCUT2D eigenvalue weighted by Gasteiger charge is -2.40. The number of esters is 1. The van der Waals surface area contributed by atoms with E-state index in [9.17, 15) is 9.18 Å². The summed E-state index contributed by atoms with van der Waals surface area (Å²) in [4.78, 5) is 11.8. The zero-order valence-electron chi connectivity index (χ0n) is 14.7. The minimum absolute atomic E-state index is 0.0357. The van der Waals surface area contributed by atoms with Crippen molar-refractivity contribution in [2.75, 3.05) is 6.67 Å². The summed E-state index contributed by atoms with van der Waals surface area (Å²) >= 11 is 0. The van der Waals surface area contributed by atoms with Crippen LogP contribution in [0.1, 0.15) is 48.0 Å². The molecular formula is C15H32FNO3Si. The molecule has 0 rings (SSSR count). The molecule has 0 aromatic heterocycles. The average Bonchev–Trinajstić information content (AvgIpc) is 2.20. The van der Waals surface area contributed by atoms with Crippen molar-refractivity contribution in [1.82, 2.24) is 0 Å². The molecule has 21 heavy (non-hydrogen) atoms. The summed E-state index contributed by atoms with van der Waals surface area (Å²) in [5.74, 6) is -0.424. The fraction of sp³-hybridized carbons (Fsp3) is 0.933. The van der Waals surface area contributed by atoms with E-state index in [1.807, 2.05) is 13.1 Å². The Bertz CT molecular complexity index is 348. The first-order chi connectivity index (χ1) is 9.19. The molecular weight excluding hydrogens is 289 g/mol. The van der Waals surface area contributed by atoms with Gasteiger partial charge in [0, 0.05) is 6.04 Å². The fourth-order valence-electron chi connectivity index (χ4n) is 1.50. The molecule has 0 saturated carbocycles. The van der Waals surface area contributed by atoms with Gasteiger partial charge < -0.3 is 14.9 Å². The second kappa shape index (κ2) is 7.20. The minimum atomic E-state index is -2.12. The van der Waals surface area contributed by atoms with Crippen molar-refractivity contribution in [2.45, 2.75) is 83.8 Å². The zero-order chi connectivity index (χ0) is 17.1. The molecule has 0 unspecified atom stereocenters. The second-order valence-electron chi connectivity index (χ2n) is 8.03. The monoisotopic (exact) mass is 321 g/mol. The van der Waals surface area contributed by atoms with E-state index in [0.29, 0.717) is 0 Å². The van der Waals surface area contributed by atoms with Gasteiger partial charge in [-0.05, 0) is 38.9 Å². The van der Waals surface area contributed by atoms with E-state index in [4.69, 9.17) is 14.9 Å². The zero-order valence-corrected chi connectivity index (χ0v) is 15.7. The van der Waals surface area contributed by atoms with Gasteiger partial charge in [0.05, 0.1) is 12.5 Å². The van der Waals surface area contributed by atoms with Gasteiger partial charge in [-0.15, -0.1) is 0 Å². The normalized spacial score (nSPS) is 16.5. The first kappa shape index (κ1) is 20.5. The van der Waals surface area contributed by atoms with Crippen molar-refractivity contribution in [3.05, 3.63) is 0 Å². The highest BCUT2D eigenvalue weighted by molar-refractivity contribution is 6.74. The van der Waals surface area contributed by atoms with Crippen LogP contribution < -0.4 is 5.73 Å². The molecule has 6 heteroatoms. The number of alkyl halides is 1. The molecule has 0 aromatic carbocycles. The molecule has 0 aliphatic carbocycles. The Morgan fingerprint density at radius 2 is 1.67 bits per heavy atom. The molecule has 2 atom stereocenters. The van der Waals surface area contributed by atoms with Crippen LogP contribution in [0.5, 0.6) is 0 Å². The molecule has 0 spiro atoms. The van der Waals surface area contributed by atoms with Gasteiger partial charge >= 0.3 is 5.97 Å². The maximum absolute atomic E-state index is 13.3. The summed E-state index contributed by atoms with van der Waals surface area (Å²) in [5.41, 5.74) is 5.39. The maximum atomic E-state index is 13.3. The van der Waals surface area contributed by atoms with Crippen molar-refractivity contribution < 1.29 is 18.3 Å². The van der Waals surface area contributed by atoms with Crippen LogP contribution in [0.2, 0.25) is 18.1 Å². The van der Waals surface area contributed by atoms with Crippen molar-refractivity contribution >= 4 is 14.3 Å². The van der Waals surface area contributed by atoms with E-state index in [1.165, 1.54) is 0 Å². The van der Waals surface area contributed by atoms with Crippen LogP contribution in [-0.4, -0.2) is 38.7 Å². The van der Waals surface area contributed by atoms with Gasteiger partial charge in [-0.2, -0.15) is 0 Å². The Kier molecular flexibility index (Phi) is 7.04. The van der Waals surface area contributed by atoms with E-state index < -0.39 is 38.7 Å². The highest BCUT2D eigenvalue weighted by atomic mass is 28.4. The lowest BCUT2D eigenvalue weighted by Crippen LogP contribution is -2.50. The number of rotatable bonds is 6. The predicted octanol–water partition coefficient (Wildman–Crippen LogP) is 3.41. The van der Waals surface area contributed by atoms with Gasteiger partial charge in [-0.1, -0.05) is 20.8 Å². The smallest absolute Gasteiger partial charge is 0.307 e. The van der Waals surface area contributed by atoms with Crippen LogP contribution in [0, 0.1) is 0 Å². The minimum Gasteiger partial charge on any atom is -0.460 e. The quantitative estimate of drug-likeness (QED) is 0.601. The average molecular weight is 322 g/mol. The van der Waals surface area contributed by atoms with Crippen LogP contribution >= 0.6 is 0 Å².